The van der Waals surface area contributed by atoms with Gasteiger partial charge in [-0.3, -0.25) is 9.78 Å². The van der Waals surface area contributed by atoms with E-state index in [4.69, 9.17) is 9.72 Å². The number of benzene rings is 1. The van der Waals surface area contributed by atoms with E-state index in [1.165, 1.54) is 5.56 Å². The maximum Gasteiger partial charge on any atom is 0.254 e. The van der Waals surface area contributed by atoms with Crippen LogP contribution in [0.2, 0.25) is 0 Å². The highest BCUT2D eigenvalue weighted by molar-refractivity contribution is 5.45. The molecule has 0 saturated carbocycles. The van der Waals surface area contributed by atoms with Crippen LogP contribution in [-0.2, 0) is 11.2 Å². The predicted molar refractivity (Wildman–Crippen MR) is 98.4 cm³/mol. The second-order valence-electron chi connectivity index (χ2n) is 6.71. The Morgan fingerprint density at radius 3 is 2.76 bits per heavy atom. The lowest BCUT2D eigenvalue weighted by molar-refractivity contribution is 0.122. The Balaban J connectivity index is 1.57. The van der Waals surface area contributed by atoms with E-state index in [-0.39, 0.29) is 5.56 Å². The quantitative estimate of drug-likeness (QED) is 0.920. The van der Waals surface area contributed by atoms with Crippen LogP contribution in [0.15, 0.2) is 41.2 Å². The number of anilines is 2. The van der Waals surface area contributed by atoms with Gasteiger partial charge in [-0.05, 0) is 24.8 Å². The topological polar surface area (TPSA) is 61.5 Å². The Kier molecular flexibility index (Phi) is 4.70. The Morgan fingerprint density at radius 2 is 1.96 bits per heavy atom. The molecular formula is C19H24N4O2. The summed E-state index contributed by atoms with van der Waals surface area (Å²) in [6.07, 6.45) is 3.23. The number of rotatable bonds is 4. The van der Waals surface area contributed by atoms with Crippen LogP contribution < -0.4 is 15.4 Å². The molecule has 25 heavy (non-hydrogen) atoms. The molecule has 6 heteroatoms. The largest absolute Gasteiger partial charge is 0.378 e. The average Bonchev–Trinajstić information content (AvgIpc) is 3.11. The third kappa shape index (κ3) is 3.69. The first-order chi connectivity index (χ1) is 12.3. The fourth-order valence-electron chi connectivity index (χ4n) is 3.74. The number of aromatic amines is 1. The van der Waals surface area contributed by atoms with Gasteiger partial charge in [0, 0.05) is 31.7 Å². The second kappa shape index (κ2) is 7.27. The SMILES string of the molecule is O=c1cc(N2CCOCC2)nc(N2CCC[C@@H]2Cc2ccccc2)[nH]1. The van der Waals surface area contributed by atoms with Crippen molar-refractivity contribution in [3.05, 3.63) is 52.3 Å². The van der Waals surface area contributed by atoms with Crippen molar-refractivity contribution < 1.29 is 4.74 Å². The van der Waals surface area contributed by atoms with Gasteiger partial charge in [-0.25, -0.2) is 0 Å². The highest BCUT2D eigenvalue weighted by Gasteiger charge is 2.27. The van der Waals surface area contributed by atoms with Gasteiger partial charge in [-0.1, -0.05) is 30.3 Å². The summed E-state index contributed by atoms with van der Waals surface area (Å²) in [6.45, 7) is 3.87. The van der Waals surface area contributed by atoms with Gasteiger partial charge in [-0.2, -0.15) is 4.98 Å². The Labute approximate surface area is 147 Å². The molecule has 3 heterocycles. The van der Waals surface area contributed by atoms with Crippen LogP contribution in [0, 0.1) is 0 Å². The van der Waals surface area contributed by atoms with Gasteiger partial charge in [0.2, 0.25) is 5.95 Å². The molecule has 4 rings (SSSR count). The molecule has 0 spiro atoms. The van der Waals surface area contributed by atoms with E-state index < -0.39 is 0 Å². The number of aromatic nitrogens is 2. The molecule has 6 nitrogen and oxygen atoms in total. The van der Waals surface area contributed by atoms with Crippen molar-refractivity contribution in [2.45, 2.75) is 25.3 Å². The number of nitrogens with one attached hydrogen (secondary N) is 1. The fourth-order valence-corrected chi connectivity index (χ4v) is 3.74. The van der Waals surface area contributed by atoms with Gasteiger partial charge >= 0.3 is 0 Å². The Morgan fingerprint density at radius 1 is 1.16 bits per heavy atom. The van der Waals surface area contributed by atoms with E-state index in [0.717, 1.165) is 44.7 Å². The van der Waals surface area contributed by atoms with Gasteiger partial charge in [0.05, 0.1) is 13.2 Å². The minimum absolute atomic E-state index is 0.0862. The predicted octanol–water partition coefficient (Wildman–Crippen LogP) is 1.82. The molecule has 1 aromatic carbocycles. The summed E-state index contributed by atoms with van der Waals surface area (Å²) < 4.78 is 5.40. The van der Waals surface area contributed by atoms with Crippen LogP contribution in [0.1, 0.15) is 18.4 Å². The third-order valence-electron chi connectivity index (χ3n) is 5.01. The summed E-state index contributed by atoms with van der Waals surface area (Å²) in [6, 6.07) is 12.5. The normalized spacial score (nSPS) is 20.9. The summed E-state index contributed by atoms with van der Waals surface area (Å²) in [5.74, 6) is 1.46. The first-order valence-electron chi connectivity index (χ1n) is 9.04. The molecule has 2 aromatic rings. The van der Waals surface area contributed by atoms with Crippen molar-refractivity contribution in [1.82, 2.24) is 9.97 Å². The van der Waals surface area contributed by atoms with Crippen LogP contribution in [0.5, 0.6) is 0 Å². The molecule has 2 aliphatic heterocycles. The number of ether oxygens (including phenoxy) is 1. The van der Waals surface area contributed by atoms with Crippen LogP contribution in [-0.4, -0.2) is 48.9 Å². The molecule has 0 amide bonds. The zero-order valence-corrected chi connectivity index (χ0v) is 14.4. The molecule has 1 atom stereocenters. The number of hydrogen-bond donors (Lipinski definition) is 1. The van der Waals surface area contributed by atoms with Crippen LogP contribution in [0.4, 0.5) is 11.8 Å². The molecule has 1 aromatic heterocycles. The number of morpholine rings is 1. The maximum absolute atomic E-state index is 12.2. The number of H-pyrrole nitrogens is 1. The minimum Gasteiger partial charge on any atom is -0.378 e. The first kappa shape index (κ1) is 16.1. The van der Waals surface area contributed by atoms with Crippen LogP contribution in [0.3, 0.4) is 0 Å². The zero-order valence-electron chi connectivity index (χ0n) is 14.4. The highest BCUT2D eigenvalue weighted by Crippen LogP contribution is 2.26. The summed E-state index contributed by atoms with van der Waals surface area (Å²) in [5, 5.41) is 0. The van der Waals surface area contributed by atoms with E-state index in [2.05, 4.69) is 39.0 Å². The molecule has 2 saturated heterocycles. The minimum atomic E-state index is -0.0862. The van der Waals surface area contributed by atoms with Crippen molar-refractivity contribution in [2.75, 3.05) is 42.6 Å². The lowest BCUT2D eigenvalue weighted by Gasteiger charge is -2.30. The highest BCUT2D eigenvalue weighted by atomic mass is 16.5. The first-order valence-corrected chi connectivity index (χ1v) is 9.04. The zero-order chi connectivity index (χ0) is 17.1. The number of hydrogen-bond acceptors (Lipinski definition) is 5. The van der Waals surface area contributed by atoms with Crippen molar-refractivity contribution in [3.63, 3.8) is 0 Å². The van der Waals surface area contributed by atoms with E-state index in [0.29, 0.717) is 25.2 Å². The van der Waals surface area contributed by atoms with Gasteiger partial charge in [0.15, 0.2) is 0 Å². The van der Waals surface area contributed by atoms with Gasteiger partial charge in [0.25, 0.3) is 5.56 Å². The molecule has 0 aliphatic carbocycles. The molecule has 0 unspecified atom stereocenters. The van der Waals surface area contributed by atoms with Gasteiger partial charge < -0.3 is 14.5 Å². The molecular weight excluding hydrogens is 316 g/mol. The lowest BCUT2D eigenvalue weighted by atomic mass is 10.0. The second-order valence-corrected chi connectivity index (χ2v) is 6.71. The Bertz CT molecular complexity index is 756. The van der Waals surface area contributed by atoms with Gasteiger partial charge in [-0.15, -0.1) is 0 Å². The van der Waals surface area contributed by atoms with Crippen molar-refractivity contribution in [3.8, 4) is 0 Å². The van der Waals surface area contributed by atoms with E-state index >= 15 is 0 Å². The average molecular weight is 340 g/mol. The third-order valence-corrected chi connectivity index (χ3v) is 5.01. The summed E-state index contributed by atoms with van der Waals surface area (Å²) >= 11 is 0. The van der Waals surface area contributed by atoms with E-state index in [9.17, 15) is 4.79 Å². The van der Waals surface area contributed by atoms with Gasteiger partial charge in [0.1, 0.15) is 5.82 Å². The lowest BCUT2D eigenvalue weighted by Crippen LogP contribution is -2.39. The van der Waals surface area contributed by atoms with E-state index in [1.807, 2.05) is 6.07 Å². The summed E-state index contributed by atoms with van der Waals surface area (Å²) in [4.78, 5) is 24.3. The van der Waals surface area contributed by atoms with E-state index in [1.54, 1.807) is 6.07 Å². The molecule has 0 radical (unpaired) electrons. The standard InChI is InChI=1S/C19H24N4O2/c24-18-14-17(22-9-11-25-12-10-22)20-19(21-18)23-8-4-7-16(23)13-15-5-2-1-3-6-15/h1-3,5-6,14,16H,4,7-13H2,(H,20,21,24)/t16-/m1/s1. The summed E-state index contributed by atoms with van der Waals surface area (Å²) in [7, 11) is 0. The fraction of sp³-hybridized carbons (Fsp3) is 0.474. The van der Waals surface area contributed by atoms with Crippen LogP contribution >= 0.6 is 0 Å². The molecule has 1 N–H and O–H groups in total. The van der Waals surface area contributed by atoms with Crippen molar-refractivity contribution >= 4 is 11.8 Å². The Hall–Kier alpha value is -2.34. The maximum atomic E-state index is 12.2. The monoisotopic (exact) mass is 340 g/mol. The molecule has 132 valence electrons. The van der Waals surface area contributed by atoms with Crippen LogP contribution in [0.25, 0.3) is 0 Å². The summed E-state index contributed by atoms with van der Waals surface area (Å²) in [5.41, 5.74) is 1.24. The molecule has 0 bridgehead atoms. The van der Waals surface area contributed by atoms with Crippen molar-refractivity contribution in [1.29, 1.82) is 0 Å². The number of nitrogens with zero attached hydrogens (tertiary/aromatic N) is 3. The smallest absolute Gasteiger partial charge is 0.254 e. The van der Waals surface area contributed by atoms with Crippen molar-refractivity contribution in [2.24, 2.45) is 0 Å². The molecule has 2 fully saturated rings. The molecule has 2 aliphatic rings.